The number of rotatable bonds is 2. The Morgan fingerprint density at radius 3 is 2.64 bits per heavy atom. The number of piperazine rings is 1. The van der Waals surface area contributed by atoms with Crippen LogP contribution in [0.25, 0.3) is 21.2 Å². The standard InChI is InChI=1S/C28H25ClF2N4O6S/c1-28(2,3)41-26(37)33-24-16(11-32)19-14(4-5-17(30)23(19)42-24)20-18(31)10-15-22(21(20)29)40-9-6-13-12-34(27(38)39)7-8-35(13)25(15)36/h4-5,10,13H,6-9,12H2,1-3H3,(H,33,37)(H,38,39)/t13-/m0/s1. The van der Waals surface area contributed by atoms with Crippen LogP contribution in [0.4, 0.5) is 23.4 Å². The summed E-state index contributed by atoms with van der Waals surface area (Å²) >= 11 is 7.50. The first-order valence-corrected chi connectivity index (χ1v) is 14.1. The molecule has 14 heteroatoms. The van der Waals surface area contributed by atoms with Crippen LogP contribution in [0.5, 0.6) is 5.75 Å². The van der Waals surface area contributed by atoms with Crippen LogP contribution in [-0.4, -0.2) is 70.9 Å². The van der Waals surface area contributed by atoms with E-state index >= 15 is 4.39 Å². The molecule has 3 amide bonds. The Balaban J connectivity index is 1.61. The lowest BCUT2D eigenvalue weighted by Crippen LogP contribution is -2.57. The van der Waals surface area contributed by atoms with Gasteiger partial charge in [0.05, 0.1) is 33.5 Å². The second-order valence-corrected chi connectivity index (χ2v) is 12.2. The molecule has 2 aliphatic rings. The summed E-state index contributed by atoms with van der Waals surface area (Å²) in [5, 5.41) is 21.6. The van der Waals surface area contributed by atoms with Crippen molar-refractivity contribution in [3.63, 3.8) is 0 Å². The van der Waals surface area contributed by atoms with Crippen molar-refractivity contribution in [2.24, 2.45) is 0 Å². The fraction of sp³-hybridized carbons (Fsp3) is 0.357. The minimum Gasteiger partial charge on any atom is -0.491 e. The van der Waals surface area contributed by atoms with E-state index in [1.54, 1.807) is 20.8 Å². The van der Waals surface area contributed by atoms with Gasteiger partial charge in [0.15, 0.2) is 5.75 Å². The first-order chi connectivity index (χ1) is 19.8. The highest BCUT2D eigenvalue weighted by Crippen LogP contribution is 2.48. The average Bonchev–Trinajstić information content (AvgIpc) is 3.27. The number of thiophene rings is 1. The summed E-state index contributed by atoms with van der Waals surface area (Å²) in [6.45, 7) is 5.35. The SMILES string of the molecule is CC(C)(C)OC(=O)Nc1sc2c(F)ccc(-c3c(F)cc4c(c3Cl)OCC[C@H]3CN(C(=O)O)CCN3C4=O)c2c1C#N. The molecular weight excluding hydrogens is 594 g/mol. The second-order valence-electron chi connectivity index (χ2n) is 10.8. The largest absolute Gasteiger partial charge is 0.491 e. The van der Waals surface area contributed by atoms with Crippen LogP contribution >= 0.6 is 22.9 Å². The molecule has 0 aliphatic carbocycles. The molecule has 2 N–H and O–H groups in total. The number of amides is 3. The maximum Gasteiger partial charge on any atom is 0.412 e. The maximum absolute atomic E-state index is 15.9. The van der Waals surface area contributed by atoms with E-state index in [2.05, 4.69) is 5.32 Å². The molecule has 10 nitrogen and oxygen atoms in total. The molecule has 1 atom stereocenters. The third-order valence-corrected chi connectivity index (χ3v) is 8.38. The lowest BCUT2D eigenvalue weighted by Gasteiger charge is -2.41. The van der Waals surface area contributed by atoms with E-state index in [9.17, 15) is 29.1 Å². The third-order valence-electron chi connectivity index (χ3n) is 6.90. The zero-order valence-corrected chi connectivity index (χ0v) is 24.3. The first kappa shape index (κ1) is 29.3. The summed E-state index contributed by atoms with van der Waals surface area (Å²) in [4.78, 5) is 40.1. The van der Waals surface area contributed by atoms with Crippen molar-refractivity contribution in [3.8, 4) is 22.9 Å². The Bertz CT molecular complexity index is 1680. The van der Waals surface area contributed by atoms with Crippen LogP contribution < -0.4 is 10.1 Å². The van der Waals surface area contributed by atoms with Gasteiger partial charge in [-0.25, -0.2) is 18.4 Å². The van der Waals surface area contributed by atoms with Crippen molar-refractivity contribution < 1.29 is 37.7 Å². The predicted octanol–water partition coefficient (Wildman–Crippen LogP) is 6.31. The first-order valence-electron chi connectivity index (χ1n) is 12.9. The van der Waals surface area contributed by atoms with Gasteiger partial charge in [0.1, 0.15) is 28.3 Å². The van der Waals surface area contributed by atoms with Crippen molar-refractivity contribution in [1.29, 1.82) is 5.26 Å². The van der Waals surface area contributed by atoms with Crippen LogP contribution in [0, 0.1) is 23.0 Å². The maximum atomic E-state index is 15.9. The van der Waals surface area contributed by atoms with Gasteiger partial charge in [-0.05, 0) is 38.5 Å². The smallest absolute Gasteiger partial charge is 0.412 e. The van der Waals surface area contributed by atoms with Crippen molar-refractivity contribution in [3.05, 3.63) is 46.0 Å². The number of carboxylic acid groups (broad SMARTS) is 1. The highest BCUT2D eigenvalue weighted by Gasteiger charge is 2.37. The molecule has 1 saturated heterocycles. The highest BCUT2D eigenvalue weighted by atomic mass is 35.5. The van der Waals surface area contributed by atoms with Gasteiger partial charge in [0.2, 0.25) is 0 Å². The fourth-order valence-electron chi connectivity index (χ4n) is 5.11. The number of hydrogen-bond acceptors (Lipinski definition) is 7. The second kappa shape index (κ2) is 10.9. The number of fused-ring (bicyclic) bond motifs is 3. The number of benzene rings is 2. The van der Waals surface area contributed by atoms with Crippen molar-refractivity contribution in [2.45, 2.75) is 38.8 Å². The van der Waals surface area contributed by atoms with Gasteiger partial charge < -0.3 is 24.4 Å². The molecule has 0 saturated carbocycles. The van der Waals surface area contributed by atoms with Gasteiger partial charge in [0.25, 0.3) is 5.91 Å². The molecule has 2 aliphatic heterocycles. The molecular formula is C28H25ClF2N4O6S. The monoisotopic (exact) mass is 618 g/mol. The van der Waals surface area contributed by atoms with E-state index in [0.29, 0.717) is 6.42 Å². The number of hydrogen-bond donors (Lipinski definition) is 2. The number of anilines is 1. The van der Waals surface area contributed by atoms with E-state index < -0.39 is 41.4 Å². The Hall–Kier alpha value is -4.15. The summed E-state index contributed by atoms with van der Waals surface area (Å²) < 4.78 is 42.0. The van der Waals surface area contributed by atoms with Gasteiger partial charge in [-0.15, -0.1) is 11.3 Å². The molecule has 1 fully saturated rings. The summed E-state index contributed by atoms with van der Waals surface area (Å²) in [6, 6.07) is 4.85. The van der Waals surface area contributed by atoms with Crippen LogP contribution in [0.1, 0.15) is 43.1 Å². The molecule has 0 unspecified atom stereocenters. The Labute approximate surface area is 248 Å². The molecule has 42 heavy (non-hydrogen) atoms. The van der Waals surface area contributed by atoms with E-state index in [1.165, 1.54) is 15.9 Å². The van der Waals surface area contributed by atoms with Gasteiger partial charge in [-0.3, -0.25) is 10.1 Å². The molecule has 5 rings (SSSR count). The molecule has 220 valence electrons. The van der Waals surface area contributed by atoms with Gasteiger partial charge in [-0.2, -0.15) is 5.26 Å². The minimum atomic E-state index is -1.09. The zero-order chi connectivity index (χ0) is 30.5. The van der Waals surface area contributed by atoms with E-state index in [1.807, 2.05) is 6.07 Å². The Kier molecular flexibility index (Phi) is 7.63. The summed E-state index contributed by atoms with van der Waals surface area (Å²) in [5.41, 5.74) is -1.23. The predicted molar refractivity (Wildman–Crippen MR) is 151 cm³/mol. The summed E-state index contributed by atoms with van der Waals surface area (Å²) in [7, 11) is 0. The number of nitrogens with zero attached hydrogens (tertiary/aromatic N) is 3. The van der Waals surface area contributed by atoms with E-state index in [-0.39, 0.29) is 74.4 Å². The number of carbonyl (C=O) groups is 3. The molecule has 1 aromatic heterocycles. The topological polar surface area (TPSA) is 132 Å². The van der Waals surface area contributed by atoms with Crippen molar-refractivity contribution in [2.75, 3.05) is 31.6 Å². The van der Waals surface area contributed by atoms with Gasteiger partial charge >= 0.3 is 12.2 Å². The van der Waals surface area contributed by atoms with Crippen molar-refractivity contribution in [1.82, 2.24) is 9.80 Å². The van der Waals surface area contributed by atoms with E-state index in [4.69, 9.17) is 21.1 Å². The zero-order valence-electron chi connectivity index (χ0n) is 22.7. The number of nitriles is 1. The molecule has 3 heterocycles. The summed E-state index contributed by atoms with van der Waals surface area (Å²) in [6.07, 6.45) is -1.64. The highest BCUT2D eigenvalue weighted by molar-refractivity contribution is 7.23. The fourth-order valence-corrected chi connectivity index (χ4v) is 6.53. The van der Waals surface area contributed by atoms with Crippen molar-refractivity contribution >= 4 is 56.1 Å². The Morgan fingerprint density at radius 1 is 1.24 bits per heavy atom. The van der Waals surface area contributed by atoms with Gasteiger partial charge in [-0.1, -0.05) is 17.7 Å². The number of nitrogens with one attached hydrogen (secondary N) is 1. The number of carbonyl (C=O) groups excluding carboxylic acids is 2. The molecule has 2 aromatic carbocycles. The molecule has 0 radical (unpaired) electrons. The molecule has 0 bridgehead atoms. The van der Waals surface area contributed by atoms with E-state index in [0.717, 1.165) is 23.5 Å². The van der Waals surface area contributed by atoms with Crippen LogP contribution in [0.15, 0.2) is 18.2 Å². The number of ether oxygens (including phenoxy) is 2. The van der Waals surface area contributed by atoms with Crippen LogP contribution in [0.3, 0.4) is 0 Å². The van der Waals surface area contributed by atoms with Crippen LogP contribution in [0.2, 0.25) is 5.02 Å². The third kappa shape index (κ3) is 5.28. The molecule has 0 spiro atoms. The lowest BCUT2D eigenvalue weighted by molar-refractivity contribution is 0.0374. The van der Waals surface area contributed by atoms with Gasteiger partial charge in [0, 0.05) is 37.0 Å². The normalized spacial score (nSPS) is 17.0. The average molecular weight is 619 g/mol. The van der Waals surface area contributed by atoms with Crippen LogP contribution in [-0.2, 0) is 4.74 Å². The summed E-state index contributed by atoms with van der Waals surface area (Å²) in [5.74, 6) is -2.25. The lowest BCUT2D eigenvalue weighted by atomic mass is 9.95. The Morgan fingerprint density at radius 2 is 1.98 bits per heavy atom. The molecule has 3 aromatic rings. The number of halogens is 3. The minimum absolute atomic E-state index is 0.00820. The quantitative estimate of drug-likeness (QED) is 0.344.